The van der Waals surface area contributed by atoms with Crippen LogP contribution in [0.1, 0.15) is 34.7 Å². The highest BCUT2D eigenvalue weighted by Crippen LogP contribution is 2.44. The molecular weight excluding hydrogens is 467 g/mol. The third-order valence-electron chi connectivity index (χ3n) is 7.00. The molecule has 6 rings (SSSR count). The molecule has 5 aromatic rings. The Balaban J connectivity index is 1.55. The Morgan fingerprint density at radius 3 is 2.42 bits per heavy atom. The third kappa shape index (κ3) is 3.65. The average Bonchev–Trinajstić information content (AvgIpc) is 3.39. The smallest absolute Gasteiger partial charge is 0.174 e. The molecular formula is C30H25FN4S. The van der Waals surface area contributed by atoms with Gasteiger partial charge in [0.15, 0.2) is 5.11 Å². The van der Waals surface area contributed by atoms with Gasteiger partial charge in [0.05, 0.1) is 23.5 Å². The molecule has 0 amide bonds. The van der Waals surface area contributed by atoms with Crippen LogP contribution in [0.3, 0.4) is 0 Å². The summed E-state index contributed by atoms with van der Waals surface area (Å²) < 4.78 is 16.1. The van der Waals surface area contributed by atoms with Crippen LogP contribution in [-0.2, 0) is 0 Å². The van der Waals surface area contributed by atoms with E-state index in [9.17, 15) is 4.39 Å². The first-order chi connectivity index (χ1) is 17.5. The minimum absolute atomic E-state index is 0.159. The molecule has 0 unspecified atom stereocenters. The molecule has 3 aromatic carbocycles. The molecule has 2 atom stereocenters. The van der Waals surface area contributed by atoms with Gasteiger partial charge in [0.25, 0.3) is 0 Å². The van der Waals surface area contributed by atoms with Crippen molar-refractivity contribution >= 4 is 33.8 Å². The largest absolute Gasteiger partial charge is 0.351 e. The van der Waals surface area contributed by atoms with E-state index in [1.54, 1.807) is 18.3 Å². The lowest BCUT2D eigenvalue weighted by atomic mass is 9.96. The molecule has 0 aliphatic carbocycles. The minimum atomic E-state index is -0.274. The molecule has 1 saturated heterocycles. The van der Waals surface area contributed by atoms with Crippen molar-refractivity contribution in [1.29, 1.82) is 0 Å². The van der Waals surface area contributed by atoms with Crippen LogP contribution in [0.15, 0.2) is 97.2 Å². The molecule has 1 fully saturated rings. The van der Waals surface area contributed by atoms with Gasteiger partial charge in [-0.2, -0.15) is 0 Å². The van der Waals surface area contributed by atoms with Gasteiger partial charge in [-0.1, -0.05) is 42.5 Å². The van der Waals surface area contributed by atoms with E-state index in [1.165, 1.54) is 22.9 Å². The van der Waals surface area contributed by atoms with Crippen LogP contribution < -0.4 is 10.2 Å². The van der Waals surface area contributed by atoms with E-state index in [0.29, 0.717) is 5.11 Å². The number of benzene rings is 3. The van der Waals surface area contributed by atoms with Gasteiger partial charge in [-0.05, 0) is 85.5 Å². The molecule has 1 aliphatic rings. The Bertz CT molecular complexity index is 1570. The molecule has 1 aliphatic heterocycles. The quantitative estimate of drug-likeness (QED) is 0.275. The summed E-state index contributed by atoms with van der Waals surface area (Å²) in [5.74, 6) is -0.274. The maximum atomic E-state index is 13.8. The Morgan fingerprint density at radius 2 is 1.64 bits per heavy atom. The summed E-state index contributed by atoms with van der Waals surface area (Å²) in [6.07, 6.45) is 1.80. The Morgan fingerprint density at radius 1 is 0.889 bits per heavy atom. The van der Waals surface area contributed by atoms with Gasteiger partial charge < -0.3 is 14.8 Å². The fourth-order valence-corrected chi connectivity index (χ4v) is 5.76. The van der Waals surface area contributed by atoms with Crippen molar-refractivity contribution < 1.29 is 4.39 Å². The molecule has 0 bridgehead atoms. The van der Waals surface area contributed by atoms with Crippen LogP contribution in [0.5, 0.6) is 0 Å². The number of nitrogens with one attached hydrogen (secondary N) is 1. The van der Waals surface area contributed by atoms with Crippen molar-refractivity contribution in [2.45, 2.75) is 25.9 Å². The van der Waals surface area contributed by atoms with E-state index < -0.39 is 0 Å². The first kappa shape index (κ1) is 22.4. The zero-order valence-electron chi connectivity index (χ0n) is 20.0. The van der Waals surface area contributed by atoms with Crippen LogP contribution in [0.2, 0.25) is 0 Å². The highest BCUT2D eigenvalue weighted by Gasteiger charge is 2.42. The summed E-state index contributed by atoms with van der Waals surface area (Å²) >= 11 is 5.84. The minimum Gasteiger partial charge on any atom is -0.351 e. The lowest BCUT2D eigenvalue weighted by Crippen LogP contribution is -2.29. The lowest BCUT2D eigenvalue weighted by Gasteiger charge is -2.28. The van der Waals surface area contributed by atoms with Gasteiger partial charge in [-0.15, -0.1) is 0 Å². The van der Waals surface area contributed by atoms with E-state index in [-0.39, 0.29) is 17.9 Å². The zero-order valence-corrected chi connectivity index (χ0v) is 20.8. The normalized spacial score (nSPS) is 17.5. The second-order valence-corrected chi connectivity index (χ2v) is 9.52. The lowest BCUT2D eigenvalue weighted by molar-refractivity contribution is 0.565. The predicted octanol–water partition coefficient (Wildman–Crippen LogP) is 6.96. The van der Waals surface area contributed by atoms with E-state index in [1.807, 2.05) is 18.2 Å². The van der Waals surface area contributed by atoms with Crippen molar-refractivity contribution in [1.82, 2.24) is 14.9 Å². The molecule has 3 heterocycles. The SMILES string of the molecule is Cc1cc([C@H]2[C@H](c3ccccn3)NC(=S)N2c2ccc(F)cc2)c(C)n1-c1cccc2ccccc12. The number of anilines is 1. The number of rotatable bonds is 4. The molecule has 178 valence electrons. The molecule has 6 heteroatoms. The zero-order chi connectivity index (χ0) is 24.8. The Kier molecular flexibility index (Phi) is 5.53. The number of hydrogen-bond donors (Lipinski definition) is 1. The van der Waals surface area contributed by atoms with Crippen LogP contribution in [0.25, 0.3) is 16.5 Å². The number of nitrogens with zero attached hydrogens (tertiary/aromatic N) is 3. The average molecular weight is 493 g/mol. The third-order valence-corrected chi connectivity index (χ3v) is 7.31. The Hall–Kier alpha value is -4.03. The van der Waals surface area contributed by atoms with Crippen LogP contribution in [0.4, 0.5) is 10.1 Å². The number of halogens is 1. The number of aromatic nitrogens is 2. The summed E-state index contributed by atoms with van der Waals surface area (Å²) in [4.78, 5) is 6.74. The molecule has 36 heavy (non-hydrogen) atoms. The molecule has 1 N–H and O–H groups in total. The number of thiocarbonyl (C=S) groups is 1. The maximum absolute atomic E-state index is 13.8. The standard InChI is InChI=1S/C30H25FN4S/c1-19-18-25(20(2)34(19)27-12-7-9-21-8-3-4-10-24(21)27)29-28(26-11-5-6-17-32-26)33-30(36)35(29)23-15-13-22(31)14-16-23/h3-18,28-29H,1-2H3,(H,33,36)/t28-,29-/m0/s1. The van der Waals surface area contributed by atoms with Crippen LogP contribution >= 0.6 is 12.2 Å². The second kappa shape index (κ2) is 8.88. The van der Waals surface area contributed by atoms with Gasteiger partial charge in [-0.25, -0.2) is 4.39 Å². The van der Waals surface area contributed by atoms with Crippen molar-refractivity contribution in [2.75, 3.05) is 4.90 Å². The summed E-state index contributed by atoms with van der Waals surface area (Å²) in [5.41, 5.74) is 6.30. The number of pyridine rings is 1. The van der Waals surface area contributed by atoms with Gasteiger partial charge >= 0.3 is 0 Å². The van der Waals surface area contributed by atoms with Gasteiger partial charge in [0, 0.05) is 28.7 Å². The highest BCUT2D eigenvalue weighted by atomic mass is 32.1. The van der Waals surface area contributed by atoms with Gasteiger partial charge in [0.2, 0.25) is 0 Å². The maximum Gasteiger partial charge on any atom is 0.174 e. The van der Waals surface area contributed by atoms with Gasteiger partial charge in [-0.3, -0.25) is 4.98 Å². The first-order valence-electron chi connectivity index (χ1n) is 12.0. The molecule has 0 radical (unpaired) electrons. The van der Waals surface area contributed by atoms with Crippen molar-refractivity contribution in [3.05, 3.63) is 126 Å². The van der Waals surface area contributed by atoms with E-state index in [4.69, 9.17) is 12.2 Å². The van der Waals surface area contributed by atoms with Crippen LogP contribution in [0, 0.1) is 19.7 Å². The fraction of sp³-hybridized carbons (Fsp3) is 0.133. The number of aryl methyl sites for hydroxylation is 1. The molecule has 0 spiro atoms. The van der Waals surface area contributed by atoms with E-state index >= 15 is 0 Å². The first-order valence-corrected chi connectivity index (χ1v) is 12.4. The molecule has 2 aromatic heterocycles. The van der Waals surface area contributed by atoms with Crippen molar-refractivity contribution in [2.24, 2.45) is 0 Å². The summed E-state index contributed by atoms with van der Waals surface area (Å²) in [7, 11) is 0. The van der Waals surface area contributed by atoms with Crippen molar-refractivity contribution in [3.63, 3.8) is 0 Å². The number of hydrogen-bond acceptors (Lipinski definition) is 2. The van der Waals surface area contributed by atoms with Crippen molar-refractivity contribution in [3.8, 4) is 5.69 Å². The summed E-state index contributed by atoms with van der Waals surface area (Å²) in [5, 5.41) is 6.49. The predicted molar refractivity (Wildman–Crippen MR) is 147 cm³/mol. The fourth-order valence-electron chi connectivity index (χ4n) is 5.41. The monoisotopic (exact) mass is 492 g/mol. The summed E-state index contributed by atoms with van der Waals surface area (Å²) in [6, 6.07) is 29.2. The molecule has 4 nitrogen and oxygen atoms in total. The Labute approximate surface area is 215 Å². The highest BCUT2D eigenvalue weighted by molar-refractivity contribution is 7.80. The molecule has 0 saturated carbocycles. The van der Waals surface area contributed by atoms with Gasteiger partial charge in [0.1, 0.15) is 5.82 Å². The van der Waals surface area contributed by atoms with E-state index in [2.05, 4.69) is 82.1 Å². The topological polar surface area (TPSA) is 33.1 Å². The second-order valence-electron chi connectivity index (χ2n) is 9.13. The summed E-state index contributed by atoms with van der Waals surface area (Å²) in [6.45, 7) is 4.29. The van der Waals surface area contributed by atoms with E-state index in [0.717, 1.165) is 34.0 Å². The van der Waals surface area contributed by atoms with Crippen LogP contribution in [-0.4, -0.2) is 14.7 Å². The number of fused-ring (bicyclic) bond motifs is 1.